The molecule has 2 aliphatic rings. The largest absolute Gasteiger partial charge is 0.394 e. The number of fused-ring (bicyclic) bond motifs is 1. The Bertz CT molecular complexity index is 1300. The fraction of sp³-hybridized carbons (Fsp3) is 0.367. The van der Waals surface area contributed by atoms with Crippen LogP contribution in [0.2, 0.25) is 0 Å². The van der Waals surface area contributed by atoms with Crippen molar-refractivity contribution in [3.8, 4) is 0 Å². The summed E-state index contributed by atoms with van der Waals surface area (Å²) in [6.45, 7) is 7.43. The molecule has 200 valence electrons. The molecule has 2 atom stereocenters. The van der Waals surface area contributed by atoms with Crippen LogP contribution in [0, 0.1) is 6.92 Å². The van der Waals surface area contributed by atoms with Crippen molar-refractivity contribution in [2.45, 2.75) is 44.2 Å². The number of rotatable bonds is 10. The van der Waals surface area contributed by atoms with Crippen molar-refractivity contribution in [2.75, 3.05) is 37.9 Å². The zero-order valence-electron chi connectivity index (χ0n) is 22.8. The Morgan fingerprint density at radius 3 is 2.76 bits per heavy atom. The van der Waals surface area contributed by atoms with E-state index in [0.29, 0.717) is 12.1 Å². The van der Waals surface area contributed by atoms with Crippen LogP contribution in [-0.2, 0) is 0 Å². The molecule has 7 nitrogen and oxygen atoms in total. The fourth-order valence-corrected chi connectivity index (χ4v) is 5.50. The highest BCUT2D eigenvalue weighted by Gasteiger charge is 2.27. The molecule has 3 heterocycles. The summed E-state index contributed by atoms with van der Waals surface area (Å²) >= 11 is 1.64. The van der Waals surface area contributed by atoms with E-state index in [1.54, 1.807) is 11.8 Å². The predicted molar refractivity (Wildman–Crippen MR) is 158 cm³/mol. The van der Waals surface area contributed by atoms with Gasteiger partial charge in [-0.1, -0.05) is 25.1 Å². The Balaban J connectivity index is 1.49. The summed E-state index contributed by atoms with van der Waals surface area (Å²) in [5, 5.41) is 12.9. The SMILES string of the molecule is CCC(CO)N(CC)c1cccc(C2=CC=C3C=NC(CNC(=O)c4ccc(C)c(SC)c4)=CC3N2C)n1. The molecule has 2 aliphatic heterocycles. The van der Waals surface area contributed by atoms with Crippen molar-refractivity contribution in [2.24, 2.45) is 4.99 Å². The van der Waals surface area contributed by atoms with Crippen molar-refractivity contribution in [3.63, 3.8) is 0 Å². The third kappa shape index (κ3) is 5.87. The average Bonchev–Trinajstić information content (AvgIpc) is 2.95. The van der Waals surface area contributed by atoms with Crippen LogP contribution < -0.4 is 10.2 Å². The fourth-order valence-electron chi connectivity index (χ4n) is 4.86. The van der Waals surface area contributed by atoms with Crippen LogP contribution in [0.3, 0.4) is 0 Å². The number of aliphatic imine (C=N–C) groups is 1. The molecule has 4 rings (SSSR count). The van der Waals surface area contributed by atoms with E-state index < -0.39 is 0 Å². The van der Waals surface area contributed by atoms with Gasteiger partial charge in [0.05, 0.1) is 42.3 Å². The summed E-state index contributed by atoms with van der Waals surface area (Å²) in [5.41, 5.74) is 5.61. The van der Waals surface area contributed by atoms with E-state index in [0.717, 1.165) is 51.9 Å². The smallest absolute Gasteiger partial charge is 0.251 e. The van der Waals surface area contributed by atoms with Gasteiger partial charge in [0.25, 0.3) is 5.91 Å². The van der Waals surface area contributed by atoms with Gasteiger partial charge < -0.3 is 20.2 Å². The van der Waals surface area contributed by atoms with Crippen molar-refractivity contribution in [1.82, 2.24) is 15.2 Å². The number of nitrogens with zero attached hydrogens (tertiary/aromatic N) is 4. The van der Waals surface area contributed by atoms with E-state index in [-0.39, 0.29) is 24.6 Å². The minimum atomic E-state index is -0.106. The normalized spacial score (nSPS) is 17.3. The minimum absolute atomic E-state index is 0.00422. The number of hydrogen-bond donors (Lipinski definition) is 2. The van der Waals surface area contributed by atoms with E-state index in [2.05, 4.69) is 59.2 Å². The lowest BCUT2D eigenvalue weighted by Gasteiger charge is -2.35. The summed E-state index contributed by atoms with van der Waals surface area (Å²) in [5.74, 6) is 0.755. The first kappa shape index (κ1) is 27.7. The minimum Gasteiger partial charge on any atom is -0.394 e. The Kier molecular flexibility index (Phi) is 9.07. The molecule has 0 spiro atoms. The highest BCUT2D eigenvalue weighted by atomic mass is 32.2. The van der Waals surface area contributed by atoms with Crippen molar-refractivity contribution < 1.29 is 9.90 Å². The number of aromatic nitrogens is 1. The van der Waals surface area contributed by atoms with Gasteiger partial charge in [-0.25, -0.2) is 4.98 Å². The maximum atomic E-state index is 12.8. The number of allylic oxidation sites excluding steroid dienone is 2. The Morgan fingerprint density at radius 1 is 1.24 bits per heavy atom. The summed E-state index contributed by atoms with van der Waals surface area (Å²) in [6, 6.07) is 11.8. The zero-order chi connectivity index (χ0) is 27.2. The van der Waals surface area contributed by atoms with Crippen LogP contribution in [0.1, 0.15) is 41.9 Å². The molecule has 1 aromatic carbocycles. The maximum absolute atomic E-state index is 12.8. The molecule has 2 unspecified atom stereocenters. The Hall–Kier alpha value is -3.36. The molecular weight excluding hydrogens is 494 g/mol. The van der Waals surface area contributed by atoms with Gasteiger partial charge in [-0.15, -0.1) is 11.8 Å². The van der Waals surface area contributed by atoms with Gasteiger partial charge >= 0.3 is 0 Å². The van der Waals surface area contributed by atoms with Crippen LogP contribution >= 0.6 is 11.8 Å². The number of carbonyl (C=O) groups excluding carboxylic acids is 1. The van der Waals surface area contributed by atoms with Gasteiger partial charge in [0.15, 0.2) is 0 Å². The number of aliphatic hydroxyl groups is 1. The monoisotopic (exact) mass is 531 g/mol. The molecule has 38 heavy (non-hydrogen) atoms. The van der Waals surface area contributed by atoms with Gasteiger partial charge in [0, 0.05) is 30.3 Å². The third-order valence-electron chi connectivity index (χ3n) is 7.16. The van der Waals surface area contributed by atoms with E-state index in [1.165, 1.54) is 0 Å². The van der Waals surface area contributed by atoms with Gasteiger partial charge in [-0.3, -0.25) is 9.79 Å². The van der Waals surface area contributed by atoms with E-state index in [9.17, 15) is 9.90 Å². The van der Waals surface area contributed by atoms with E-state index in [4.69, 9.17) is 4.98 Å². The molecule has 1 amide bonds. The van der Waals surface area contributed by atoms with Crippen molar-refractivity contribution in [3.05, 3.63) is 82.7 Å². The van der Waals surface area contributed by atoms with Crippen LogP contribution in [0.15, 0.2) is 75.8 Å². The van der Waals surface area contributed by atoms with Crippen LogP contribution in [0.25, 0.3) is 5.70 Å². The average molecular weight is 532 g/mol. The van der Waals surface area contributed by atoms with E-state index >= 15 is 0 Å². The highest BCUT2D eigenvalue weighted by Crippen LogP contribution is 2.30. The third-order valence-corrected chi connectivity index (χ3v) is 8.04. The van der Waals surface area contributed by atoms with Gasteiger partial charge in [-0.2, -0.15) is 0 Å². The number of hydrogen-bond acceptors (Lipinski definition) is 7. The number of thioether (sulfide) groups is 1. The summed E-state index contributed by atoms with van der Waals surface area (Å²) < 4.78 is 0. The van der Waals surface area contributed by atoms with Crippen LogP contribution in [0.5, 0.6) is 0 Å². The predicted octanol–water partition coefficient (Wildman–Crippen LogP) is 4.69. The lowest BCUT2D eigenvalue weighted by molar-refractivity contribution is 0.0956. The number of amides is 1. The first-order valence-corrected chi connectivity index (χ1v) is 14.3. The first-order chi connectivity index (χ1) is 18.4. The number of anilines is 1. The lowest BCUT2D eigenvalue weighted by Crippen LogP contribution is -2.38. The second-order valence-electron chi connectivity index (χ2n) is 9.47. The van der Waals surface area contributed by atoms with Crippen molar-refractivity contribution >= 4 is 35.4 Å². The number of aryl methyl sites for hydroxylation is 1. The topological polar surface area (TPSA) is 81.1 Å². The maximum Gasteiger partial charge on any atom is 0.251 e. The molecule has 0 saturated heterocycles. The van der Waals surface area contributed by atoms with Crippen LogP contribution in [0.4, 0.5) is 5.82 Å². The zero-order valence-corrected chi connectivity index (χ0v) is 23.6. The lowest BCUT2D eigenvalue weighted by atomic mass is 9.97. The second kappa shape index (κ2) is 12.5. The number of aliphatic hydroxyl groups excluding tert-OH is 1. The summed E-state index contributed by atoms with van der Waals surface area (Å²) in [7, 11) is 2.06. The van der Waals surface area contributed by atoms with Crippen molar-refractivity contribution in [1.29, 1.82) is 0 Å². The van der Waals surface area contributed by atoms with Crippen LogP contribution in [-0.4, -0.2) is 72.2 Å². The number of benzene rings is 1. The molecule has 0 saturated carbocycles. The van der Waals surface area contributed by atoms with Gasteiger partial charge in [-0.05, 0) is 74.1 Å². The molecule has 0 aliphatic carbocycles. The molecule has 2 aromatic rings. The molecule has 0 fully saturated rings. The molecule has 8 heteroatoms. The molecule has 1 aromatic heterocycles. The number of likely N-dealkylation sites (N-methyl/N-ethyl adjacent to an activating group) is 2. The summed E-state index contributed by atoms with van der Waals surface area (Å²) in [6.07, 6.45) is 11.0. The molecule has 2 N–H and O–H groups in total. The number of nitrogens with one attached hydrogen (secondary N) is 1. The molecular formula is C30H37N5O2S. The summed E-state index contributed by atoms with van der Waals surface area (Å²) in [4.78, 5) is 27.8. The molecule has 0 bridgehead atoms. The number of pyridine rings is 1. The standard InChI is InChI=1S/C30H37N5O2S/c1-6-24(19-36)35(7-2)29-10-8-9-25(33-29)26-14-13-22-17-31-23(16-27(22)34(26)4)18-32-30(37)21-12-11-20(3)28(15-21)38-5/h8-17,24,27,36H,6-7,18-19H2,1-5H3,(H,32,37). The highest BCUT2D eigenvalue weighted by molar-refractivity contribution is 7.98. The Morgan fingerprint density at radius 2 is 2.05 bits per heavy atom. The molecule has 0 radical (unpaired) electrons. The van der Waals surface area contributed by atoms with Gasteiger partial charge in [0.2, 0.25) is 0 Å². The van der Waals surface area contributed by atoms with Gasteiger partial charge in [0.1, 0.15) is 5.82 Å². The van der Waals surface area contributed by atoms with E-state index in [1.807, 2.05) is 55.8 Å². The second-order valence-corrected chi connectivity index (χ2v) is 10.3. The number of carbonyl (C=O) groups is 1. The quantitative estimate of drug-likeness (QED) is 0.433. The first-order valence-electron chi connectivity index (χ1n) is 13.1. The Labute approximate surface area is 230 Å².